The Morgan fingerprint density at radius 1 is 1.24 bits per heavy atom. The van der Waals surface area contributed by atoms with Crippen molar-refractivity contribution in [2.24, 2.45) is 11.7 Å². The summed E-state index contributed by atoms with van der Waals surface area (Å²) in [7, 11) is 0. The molecule has 25 heavy (non-hydrogen) atoms. The predicted molar refractivity (Wildman–Crippen MR) is 95.1 cm³/mol. The monoisotopic (exact) mass is 343 g/mol. The molecule has 1 aromatic rings. The van der Waals surface area contributed by atoms with E-state index in [1.807, 2.05) is 4.90 Å². The van der Waals surface area contributed by atoms with E-state index in [2.05, 4.69) is 5.32 Å². The zero-order valence-corrected chi connectivity index (χ0v) is 14.5. The number of fused-ring (bicyclic) bond motifs is 1. The lowest BCUT2D eigenvalue weighted by Crippen LogP contribution is -2.48. The molecule has 1 saturated carbocycles. The largest absolute Gasteiger partial charge is 0.368 e. The molecule has 1 aromatic carbocycles. The summed E-state index contributed by atoms with van der Waals surface area (Å²) in [5, 5.41) is 2.83. The summed E-state index contributed by atoms with van der Waals surface area (Å²) in [5.74, 6) is -0.117. The zero-order chi connectivity index (χ0) is 18.0. The summed E-state index contributed by atoms with van der Waals surface area (Å²) in [6, 6.07) is 6.78. The number of anilines is 1. The van der Waals surface area contributed by atoms with E-state index in [4.69, 9.17) is 5.73 Å². The lowest BCUT2D eigenvalue weighted by molar-refractivity contribution is -0.124. The normalized spacial score (nSPS) is 26.0. The number of benzene rings is 1. The number of hydrogen-bond donors (Lipinski definition) is 2. The maximum Gasteiger partial charge on any atom is 0.238 e. The van der Waals surface area contributed by atoms with Crippen LogP contribution in [0.5, 0.6) is 0 Å². The highest BCUT2D eigenvalue weighted by Gasteiger charge is 2.44. The van der Waals surface area contributed by atoms with E-state index in [1.54, 1.807) is 24.3 Å². The topological polar surface area (TPSA) is 92.5 Å². The van der Waals surface area contributed by atoms with Crippen molar-refractivity contribution in [3.8, 4) is 0 Å². The molecule has 0 bridgehead atoms. The molecule has 1 aliphatic carbocycles. The number of primary amides is 1. The number of carbonyl (C=O) groups excluding carboxylic acids is 3. The van der Waals surface area contributed by atoms with Gasteiger partial charge >= 0.3 is 0 Å². The molecule has 134 valence electrons. The second-order valence-electron chi connectivity index (χ2n) is 7.12. The highest BCUT2D eigenvalue weighted by molar-refractivity contribution is 5.97. The summed E-state index contributed by atoms with van der Waals surface area (Å²) in [5.41, 5.74) is 6.72. The number of hydrogen-bond acceptors (Lipinski definition) is 4. The summed E-state index contributed by atoms with van der Waals surface area (Å²) < 4.78 is 0. The molecule has 3 N–H and O–H groups in total. The van der Waals surface area contributed by atoms with E-state index in [1.165, 1.54) is 13.3 Å². The van der Waals surface area contributed by atoms with Crippen LogP contribution >= 0.6 is 0 Å². The van der Waals surface area contributed by atoms with Crippen LogP contribution in [0.3, 0.4) is 0 Å². The number of rotatable bonds is 5. The average Bonchev–Trinajstić information content (AvgIpc) is 2.94. The molecule has 2 aliphatic rings. The van der Waals surface area contributed by atoms with Crippen LogP contribution in [-0.4, -0.2) is 41.1 Å². The summed E-state index contributed by atoms with van der Waals surface area (Å²) in [6.45, 7) is 1.64. The number of ketones is 1. The maximum absolute atomic E-state index is 12.5. The molecular weight excluding hydrogens is 318 g/mol. The molecule has 2 amide bonds. The summed E-state index contributed by atoms with van der Waals surface area (Å²) >= 11 is 0. The molecule has 3 atom stereocenters. The summed E-state index contributed by atoms with van der Waals surface area (Å²) in [6.07, 6.45) is 5.19. The lowest BCUT2D eigenvalue weighted by atomic mass is 9.84. The van der Waals surface area contributed by atoms with Crippen LogP contribution in [0.25, 0.3) is 0 Å². The van der Waals surface area contributed by atoms with Gasteiger partial charge in [-0.05, 0) is 44.2 Å². The van der Waals surface area contributed by atoms with Gasteiger partial charge in [0.25, 0.3) is 0 Å². The first-order valence-electron chi connectivity index (χ1n) is 8.91. The molecule has 1 heterocycles. The van der Waals surface area contributed by atoms with Crippen LogP contribution in [0.2, 0.25) is 0 Å². The minimum Gasteiger partial charge on any atom is -0.368 e. The van der Waals surface area contributed by atoms with Gasteiger partial charge < -0.3 is 11.1 Å². The van der Waals surface area contributed by atoms with Crippen molar-refractivity contribution in [3.63, 3.8) is 0 Å². The Kier molecular flexibility index (Phi) is 5.18. The molecule has 0 aromatic heterocycles. The van der Waals surface area contributed by atoms with E-state index in [9.17, 15) is 14.4 Å². The van der Waals surface area contributed by atoms with Gasteiger partial charge in [0.1, 0.15) is 0 Å². The number of nitrogens with zero attached hydrogens (tertiary/aromatic N) is 1. The van der Waals surface area contributed by atoms with Gasteiger partial charge in [0.15, 0.2) is 5.78 Å². The Morgan fingerprint density at radius 3 is 2.72 bits per heavy atom. The van der Waals surface area contributed by atoms with Gasteiger partial charge in [-0.25, -0.2) is 0 Å². The quantitative estimate of drug-likeness (QED) is 0.799. The molecule has 2 fully saturated rings. The van der Waals surface area contributed by atoms with Crippen LogP contribution in [-0.2, 0) is 9.59 Å². The molecule has 0 radical (unpaired) electrons. The second-order valence-corrected chi connectivity index (χ2v) is 7.12. The van der Waals surface area contributed by atoms with E-state index < -0.39 is 0 Å². The third-order valence-corrected chi connectivity index (χ3v) is 5.43. The van der Waals surface area contributed by atoms with Crippen LogP contribution < -0.4 is 11.1 Å². The standard InChI is InChI=1S/C19H25N3O3/c1-12(23)13-6-4-7-15(9-13)21-18(24)11-22-16-8-3-2-5-14(16)10-17(22)19(20)25/h4,6-7,9,14,16-17H,2-3,5,8,10-11H2,1H3,(H2,20,25)(H,21,24)/t14-,16+,17-/m0/s1. The SMILES string of the molecule is CC(=O)c1cccc(NC(=O)CN2[C@@H]3CCCC[C@H]3C[C@H]2C(N)=O)c1. The van der Waals surface area contributed by atoms with Gasteiger partial charge in [-0.15, -0.1) is 0 Å². The zero-order valence-electron chi connectivity index (χ0n) is 14.5. The highest BCUT2D eigenvalue weighted by Crippen LogP contribution is 2.39. The molecule has 1 aliphatic heterocycles. The van der Waals surface area contributed by atoms with Crippen LogP contribution in [0.1, 0.15) is 49.4 Å². The Bertz CT molecular complexity index is 688. The minimum atomic E-state index is -0.359. The number of carbonyl (C=O) groups is 3. The first kappa shape index (κ1) is 17.6. The van der Waals surface area contributed by atoms with Crippen LogP contribution in [0.4, 0.5) is 5.69 Å². The number of nitrogens with two attached hydrogens (primary N) is 1. The fourth-order valence-electron chi connectivity index (χ4n) is 4.24. The molecule has 1 saturated heterocycles. The van der Waals surface area contributed by atoms with Gasteiger partial charge in [0.2, 0.25) is 11.8 Å². The minimum absolute atomic E-state index is 0.0468. The number of Topliss-reactive ketones (excluding diaryl/α,β-unsaturated/α-hetero) is 1. The van der Waals surface area contributed by atoms with E-state index in [0.29, 0.717) is 17.2 Å². The Labute approximate surface area is 147 Å². The predicted octanol–water partition coefficient (Wildman–Crippen LogP) is 1.95. The van der Waals surface area contributed by atoms with Gasteiger partial charge in [-0.3, -0.25) is 19.3 Å². The number of nitrogens with one attached hydrogen (secondary N) is 1. The van der Waals surface area contributed by atoms with Crippen molar-refractivity contribution in [3.05, 3.63) is 29.8 Å². The Hall–Kier alpha value is -2.21. The third kappa shape index (κ3) is 3.90. The second kappa shape index (κ2) is 7.35. The fourth-order valence-corrected chi connectivity index (χ4v) is 4.24. The van der Waals surface area contributed by atoms with Crippen LogP contribution in [0.15, 0.2) is 24.3 Å². The lowest BCUT2D eigenvalue weighted by Gasteiger charge is -2.32. The van der Waals surface area contributed by atoms with Crippen molar-refractivity contribution in [1.82, 2.24) is 4.90 Å². The van der Waals surface area contributed by atoms with Crippen molar-refractivity contribution < 1.29 is 14.4 Å². The molecule has 0 spiro atoms. The van der Waals surface area contributed by atoms with Gasteiger partial charge in [0, 0.05) is 17.3 Å². The van der Waals surface area contributed by atoms with Gasteiger partial charge in [0.05, 0.1) is 12.6 Å². The smallest absolute Gasteiger partial charge is 0.238 e. The molecule has 0 unspecified atom stereocenters. The fraction of sp³-hybridized carbons (Fsp3) is 0.526. The number of amides is 2. The van der Waals surface area contributed by atoms with Crippen molar-refractivity contribution in [2.45, 2.75) is 51.1 Å². The van der Waals surface area contributed by atoms with Crippen molar-refractivity contribution in [2.75, 3.05) is 11.9 Å². The first-order chi connectivity index (χ1) is 12.0. The van der Waals surface area contributed by atoms with Crippen LogP contribution in [0, 0.1) is 5.92 Å². The molecule has 3 rings (SSSR count). The average molecular weight is 343 g/mol. The number of likely N-dealkylation sites (tertiary alicyclic amines) is 1. The van der Waals surface area contributed by atoms with Gasteiger partial charge in [-0.1, -0.05) is 25.0 Å². The Morgan fingerprint density at radius 2 is 2.00 bits per heavy atom. The van der Waals surface area contributed by atoms with E-state index in [0.717, 1.165) is 25.7 Å². The van der Waals surface area contributed by atoms with E-state index >= 15 is 0 Å². The first-order valence-corrected chi connectivity index (χ1v) is 8.91. The highest BCUT2D eigenvalue weighted by atomic mass is 16.2. The molecule has 6 nitrogen and oxygen atoms in total. The maximum atomic E-state index is 12.5. The summed E-state index contributed by atoms with van der Waals surface area (Å²) in [4.78, 5) is 37.8. The molecular formula is C19H25N3O3. The van der Waals surface area contributed by atoms with Gasteiger partial charge in [-0.2, -0.15) is 0 Å². The Balaban J connectivity index is 1.69. The van der Waals surface area contributed by atoms with Crippen molar-refractivity contribution >= 4 is 23.3 Å². The third-order valence-electron chi connectivity index (χ3n) is 5.43. The van der Waals surface area contributed by atoms with E-state index in [-0.39, 0.29) is 36.2 Å². The molecule has 6 heteroatoms. The van der Waals surface area contributed by atoms with Crippen molar-refractivity contribution in [1.29, 1.82) is 0 Å².